The zero-order valence-corrected chi connectivity index (χ0v) is 32.5. The number of ether oxygens (including phenoxy) is 3. The molecule has 8 nitrogen and oxygen atoms in total. The number of esters is 2. The van der Waals surface area contributed by atoms with Gasteiger partial charge < -0.3 is 23.8 Å². The van der Waals surface area contributed by atoms with E-state index in [0.29, 0.717) is 19.3 Å². The van der Waals surface area contributed by atoms with Crippen LogP contribution in [0.15, 0.2) is 85.1 Å². The van der Waals surface area contributed by atoms with Crippen molar-refractivity contribution in [2.45, 2.75) is 129 Å². The molecule has 51 heavy (non-hydrogen) atoms. The van der Waals surface area contributed by atoms with Crippen molar-refractivity contribution in [2.24, 2.45) is 0 Å². The summed E-state index contributed by atoms with van der Waals surface area (Å²) in [5.74, 6) is -1.59. The molecule has 1 N–H and O–H groups in total. The molecule has 0 saturated carbocycles. The number of likely N-dealkylation sites (N-methyl/N-ethyl adjacent to an activating group) is 1. The van der Waals surface area contributed by atoms with E-state index < -0.39 is 18.1 Å². The zero-order chi connectivity index (χ0) is 37.8. The van der Waals surface area contributed by atoms with E-state index in [1.807, 2.05) is 75.8 Å². The molecule has 0 heterocycles. The van der Waals surface area contributed by atoms with Crippen LogP contribution in [-0.4, -0.2) is 80.6 Å². The maximum atomic E-state index is 12.6. The van der Waals surface area contributed by atoms with Crippen molar-refractivity contribution < 1.29 is 38.2 Å². The minimum absolute atomic E-state index is 0.0243. The standard InChI is InChI=1S/C43H69NO7/c1-6-8-10-12-14-16-18-20-22-23-25-27-29-31-33-41(45)50-38-39(37-49-36-35-40(43(47)48)44(3,4)5)51-42(46)34-32-30-28-26-24-21-19-17-15-13-11-9-7-2/h8-11,13-17,19,21,24,26,28,39-40H,6-7,12,18,20,22-23,25,27,29-38H2,1-5H3/p+1/b10-8+,11-9+,15-13+,16-14+,19-17+,24-21+,28-26+. The highest BCUT2D eigenvalue weighted by Gasteiger charge is 2.31. The Morgan fingerprint density at radius 3 is 1.78 bits per heavy atom. The van der Waals surface area contributed by atoms with Crippen molar-refractivity contribution in [1.29, 1.82) is 0 Å². The molecule has 0 aromatic carbocycles. The van der Waals surface area contributed by atoms with E-state index in [2.05, 4.69) is 44.2 Å². The SMILES string of the molecule is CC/C=C/C=C/C=C/C=C/C=C/CCCC(=O)OC(COCCC(C(=O)O)[N+](C)(C)C)COC(=O)CCCCCCCCC/C=C/C/C=C/CC. The van der Waals surface area contributed by atoms with E-state index in [9.17, 15) is 19.5 Å². The predicted octanol–water partition coefficient (Wildman–Crippen LogP) is 9.79. The fourth-order valence-corrected chi connectivity index (χ4v) is 4.98. The van der Waals surface area contributed by atoms with Crippen molar-refractivity contribution in [3.8, 4) is 0 Å². The second kappa shape index (κ2) is 33.6. The molecule has 2 atom stereocenters. The Kier molecular flexibility index (Phi) is 31.3. The topological polar surface area (TPSA) is 99.1 Å². The predicted molar refractivity (Wildman–Crippen MR) is 210 cm³/mol. The average Bonchev–Trinajstić information content (AvgIpc) is 3.08. The normalized spacial score (nSPS) is 14.0. The number of nitrogens with zero attached hydrogens (tertiary/aromatic N) is 1. The molecular weight excluding hydrogens is 642 g/mol. The number of carbonyl (C=O) groups is 3. The Balaban J connectivity index is 4.56. The lowest BCUT2D eigenvalue weighted by Crippen LogP contribution is -2.50. The third-order valence-corrected chi connectivity index (χ3v) is 7.92. The third kappa shape index (κ3) is 32.2. The van der Waals surface area contributed by atoms with Gasteiger partial charge in [-0.25, -0.2) is 4.79 Å². The van der Waals surface area contributed by atoms with Gasteiger partial charge in [0.25, 0.3) is 0 Å². The highest BCUT2D eigenvalue weighted by Crippen LogP contribution is 2.12. The number of hydrogen-bond acceptors (Lipinski definition) is 6. The van der Waals surface area contributed by atoms with E-state index in [4.69, 9.17) is 14.2 Å². The molecule has 288 valence electrons. The Hall–Kier alpha value is -3.49. The van der Waals surface area contributed by atoms with Crippen LogP contribution in [0.1, 0.15) is 117 Å². The molecule has 0 aromatic rings. The quantitative estimate of drug-likeness (QED) is 0.0244. The van der Waals surface area contributed by atoms with E-state index in [-0.39, 0.29) is 42.7 Å². The van der Waals surface area contributed by atoms with Crippen LogP contribution in [0.5, 0.6) is 0 Å². The number of hydrogen-bond donors (Lipinski definition) is 1. The Labute approximate surface area is 310 Å². The second-order valence-corrected chi connectivity index (χ2v) is 13.5. The van der Waals surface area contributed by atoms with Crippen LogP contribution >= 0.6 is 0 Å². The molecule has 0 fully saturated rings. The molecule has 0 saturated heterocycles. The Morgan fingerprint density at radius 2 is 1.16 bits per heavy atom. The van der Waals surface area contributed by atoms with Crippen LogP contribution in [-0.2, 0) is 28.6 Å². The highest BCUT2D eigenvalue weighted by molar-refractivity contribution is 5.72. The van der Waals surface area contributed by atoms with Gasteiger partial charge in [-0.3, -0.25) is 9.59 Å². The third-order valence-electron chi connectivity index (χ3n) is 7.92. The Morgan fingerprint density at radius 1 is 0.608 bits per heavy atom. The van der Waals surface area contributed by atoms with Gasteiger partial charge in [0.05, 0.1) is 34.4 Å². The second-order valence-electron chi connectivity index (χ2n) is 13.5. The number of unbranched alkanes of at least 4 members (excludes halogenated alkanes) is 8. The molecule has 0 amide bonds. The minimum atomic E-state index is -0.893. The van der Waals surface area contributed by atoms with Crippen molar-refractivity contribution >= 4 is 17.9 Å². The van der Waals surface area contributed by atoms with E-state index >= 15 is 0 Å². The van der Waals surface area contributed by atoms with Gasteiger partial charge in [-0.1, -0.05) is 131 Å². The number of rotatable bonds is 32. The summed E-state index contributed by atoms with van der Waals surface area (Å²) in [5.41, 5.74) is 0. The van der Waals surface area contributed by atoms with Gasteiger partial charge >= 0.3 is 17.9 Å². The lowest BCUT2D eigenvalue weighted by Gasteiger charge is -2.31. The molecule has 0 radical (unpaired) electrons. The lowest BCUT2D eigenvalue weighted by molar-refractivity contribution is -0.887. The van der Waals surface area contributed by atoms with Gasteiger partial charge in [0.1, 0.15) is 6.61 Å². The summed E-state index contributed by atoms with van der Waals surface area (Å²) in [4.78, 5) is 36.8. The number of carboxylic acid groups (broad SMARTS) is 1. The summed E-state index contributed by atoms with van der Waals surface area (Å²) in [6.07, 6.45) is 42.1. The van der Waals surface area contributed by atoms with Crippen LogP contribution in [0.25, 0.3) is 0 Å². The summed E-state index contributed by atoms with van der Waals surface area (Å²) in [7, 11) is 5.47. The molecule has 0 spiro atoms. The molecule has 8 heteroatoms. The largest absolute Gasteiger partial charge is 0.477 e. The fourth-order valence-electron chi connectivity index (χ4n) is 4.98. The summed E-state index contributed by atoms with van der Waals surface area (Å²) in [6, 6.07) is -0.632. The van der Waals surface area contributed by atoms with Crippen molar-refractivity contribution in [2.75, 3.05) is 41.0 Å². The maximum absolute atomic E-state index is 12.6. The molecule has 0 aliphatic rings. The summed E-state index contributed by atoms with van der Waals surface area (Å²) in [6.45, 7) is 4.36. The van der Waals surface area contributed by atoms with Crippen molar-refractivity contribution in [3.05, 3.63) is 85.1 Å². The number of allylic oxidation sites excluding steroid dienone is 14. The van der Waals surface area contributed by atoms with Crippen LogP contribution in [0, 0.1) is 0 Å². The van der Waals surface area contributed by atoms with Gasteiger partial charge in [-0.15, -0.1) is 0 Å². The maximum Gasteiger partial charge on any atom is 0.362 e. The van der Waals surface area contributed by atoms with Crippen molar-refractivity contribution in [1.82, 2.24) is 0 Å². The summed E-state index contributed by atoms with van der Waals surface area (Å²) >= 11 is 0. The lowest BCUT2D eigenvalue weighted by atomic mass is 10.1. The molecule has 0 aliphatic heterocycles. The van der Waals surface area contributed by atoms with Crippen LogP contribution in [0.3, 0.4) is 0 Å². The van der Waals surface area contributed by atoms with E-state index in [0.717, 1.165) is 51.4 Å². The van der Waals surface area contributed by atoms with Crippen molar-refractivity contribution in [3.63, 3.8) is 0 Å². The number of aliphatic carboxylic acids is 1. The molecule has 2 unspecified atom stereocenters. The van der Waals surface area contributed by atoms with E-state index in [1.165, 1.54) is 25.7 Å². The number of quaternary nitrogens is 1. The smallest absolute Gasteiger partial charge is 0.362 e. The average molecular weight is 713 g/mol. The van der Waals surface area contributed by atoms with Gasteiger partial charge in [0.2, 0.25) is 0 Å². The molecule has 0 aliphatic carbocycles. The van der Waals surface area contributed by atoms with Gasteiger partial charge in [-0.05, 0) is 51.4 Å². The first-order valence-electron chi connectivity index (χ1n) is 19.2. The minimum Gasteiger partial charge on any atom is -0.477 e. The van der Waals surface area contributed by atoms with Gasteiger partial charge in [0.15, 0.2) is 12.1 Å². The van der Waals surface area contributed by atoms with Crippen LogP contribution in [0.2, 0.25) is 0 Å². The first-order valence-corrected chi connectivity index (χ1v) is 19.2. The highest BCUT2D eigenvalue weighted by atomic mass is 16.6. The van der Waals surface area contributed by atoms with Gasteiger partial charge in [-0.2, -0.15) is 0 Å². The first-order chi connectivity index (χ1) is 24.6. The first kappa shape index (κ1) is 47.5. The zero-order valence-electron chi connectivity index (χ0n) is 32.5. The molecular formula is C43H70NO7+. The fraction of sp³-hybridized carbons (Fsp3) is 0.605. The summed E-state index contributed by atoms with van der Waals surface area (Å²) in [5, 5.41) is 9.58. The van der Waals surface area contributed by atoms with Gasteiger partial charge in [0, 0.05) is 19.3 Å². The Bertz CT molecular complexity index is 1110. The molecule has 0 rings (SSSR count). The number of carboxylic acids is 1. The molecule has 0 bridgehead atoms. The number of carbonyl (C=O) groups excluding carboxylic acids is 2. The molecule has 0 aromatic heterocycles. The summed E-state index contributed by atoms with van der Waals surface area (Å²) < 4.78 is 17.1. The van der Waals surface area contributed by atoms with Crippen LogP contribution < -0.4 is 0 Å². The van der Waals surface area contributed by atoms with E-state index in [1.54, 1.807) is 0 Å². The monoisotopic (exact) mass is 713 g/mol. The van der Waals surface area contributed by atoms with Crippen LogP contribution in [0.4, 0.5) is 0 Å².